The van der Waals surface area contributed by atoms with Gasteiger partial charge in [0.25, 0.3) is 0 Å². The lowest BCUT2D eigenvalue weighted by Crippen LogP contribution is -2.25. The summed E-state index contributed by atoms with van der Waals surface area (Å²) in [6, 6.07) is 25.2. The molecule has 0 radical (unpaired) electrons. The van der Waals surface area contributed by atoms with Crippen LogP contribution in [0.3, 0.4) is 0 Å². The molecule has 5 nitrogen and oxygen atoms in total. The number of rotatable bonds is 8. The van der Waals surface area contributed by atoms with Crippen LogP contribution in [0.1, 0.15) is 39.5 Å². The van der Waals surface area contributed by atoms with Crippen molar-refractivity contribution in [2.24, 2.45) is 0 Å². The summed E-state index contributed by atoms with van der Waals surface area (Å²) in [5.74, 6) is 0.597. The van der Waals surface area contributed by atoms with Gasteiger partial charge < -0.3 is 18.7 Å². The second-order valence-corrected chi connectivity index (χ2v) is 10.2. The molecule has 5 heteroatoms. The standard InChI is InChI=1S/C33H31N3O2/c1-3-5-18-36(19-6-4-2)22-16-17-24-26(20-22)37-31-28(24)27-23-14-10-11-15-25(23)34-29(27)32-30(31)35-33(38-32)21-12-8-7-9-13-21/h7-17,20,34H,3-6,18-19H2,1-2H3. The number of para-hydroxylation sites is 1. The molecule has 0 saturated carbocycles. The number of aromatic nitrogens is 2. The third-order valence-corrected chi connectivity index (χ3v) is 7.65. The minimum atomic E-state index is 0.597. The highest BCUT2D eigenvalue weighted by Gasteiger charge is 2.24. The van der Waals surface area contributed by atoms with Gasteiger partial charge in [0.2, 0.25) is 5.89 Å². The van der Waals surface area contributed by atoms with Gasteiger partial charge in [0.1, 0.15) is 5.58 Å². The first kappa shape index (κ1) is 22.9. The van der Waals surface area contributed by atoms with Crippen LogP contribution >= 0.6 is 0 Å². The zero-order chi connectivity index (χ0) is 25.6. The van der Waals surface area contributed by atoms with E-state index in [0.717, 1.165) is 73.5 Å². The van der Waals surface area contributed by atoms with Crippen LogP contribution in [0.2, 0.25) is 0 Å². The van der Waals surface area contributed by atoms with Crippen molar-refractivity contribution in [3.8, 4) is 11.5 Å². The van der Waals surface area contributed by atoms with Crippen LogP contribution in [-0.2, 0) is 0 Å². The molecule has 1 N–H and O–H groups in total. The van der Waals surface area contributed by atoms with Gasteiger partial charge in [0, 0.05) is 57.5 Å². The number of nitrogens with zero attached hydrogens (tertiary/aromatic N) is 2. The van der Waals surface area contributed by atoms with E-state index in [1.807, 2.05) is 30.3 Å². The van der Waals surface area contributed by atoms with Crippen LogP contribution in [0, 0.1) is 0 Å². The summed E-state index contributed by atoms with van der Waals surface area (Å²) in [4.78, 5) is 11.1. The first-order chi connectivity index (χ1) is 18.8. The van der Waals surface area contributed by atoms with Crippen LogP contribution < -0.4 is 4.90 Å². The molecule has 0 bridgehead atoms. The quantitative estimate of drug-likeness (QED) is 0.225. The molecular weight excluding hydrogens is 470 g/mol. The monoisotopic (exact) mass is 501 g/mol. The topological polar surface area (TPSA) is 58.2 Å². The fourth-order valence-electron chi connectivity index (χ4n) is 5.68. The Morgan fingerprint density at radius 3 is 2.32 bits per heavy atom. The van der Waals surface area contributed by atoms with Gasteiger partial charge >= 0.3 is 0 Å². The molecule has 0 fully saturated rings. The number of nitrogens with one attached hydrogen (secondary N) is 1. The highest BCUT2D eigenvalue weighted by Crippen LogP contribution is 2.45. The largest absolute Gasteiger partial charge is 0.454 e. The zero-order valence-electron chi connectivity index (χ0n) is 21.9. The second-order valence-electron chi connectivity index (χ2n) is 10.2. The summed E-state index contributed by atoms with van der Waals surface area (Å²) in [5, 5.41) is 4.48. The van der Waals surface area contributed by atoms with Crippen molar-refractivity contribution in [3.05, 3.63) is 72.8 Å². The molecule has 0 aliphatic rings. The van der Waals surface area contributed by atoms with E-state index in [0.29, 0.717) is 5.89 Å². The fourth-order valence-corrected chi connectivity index (χ4v) is 5.68. The Morgan fingerprint density at radius 1 is 0.763 bits per heavy atom. The zero-order valence-corrected chi connectivity index (χ0v) is 21.9. The van der Waals surface area contributed by atoms with Gasteiger partial charge in [-0.3, -0.25) is 0 Å². The summed E-state index contributed by atoms with van der Waals surface area (Å²) in [6.45, 7) is 6.62. The van der Waals surface area contributed by atoms with Gasteiger partial charge in [-0.05, 0) is 43.2 Å². The van der Waals surface area contributed by atoms with Crippen molar-refractivity contribution >= 4 is 60.5 Å². The molecule has 38 heavy (non-hydrogen) atoms. The molecule has 0 atom stereocenters. The number of furan rings is 1. The molecule has 0 aliphatic heterocycles. The van der Waals surface area contributed by atoms with E-state index in [1.165, 1.54) is 31.4 Å². The van der Waals surface area contributed by atoms with E-state index >= 15 is 0 Å². The van der Waals surface area contributed by atoms with Crippen LogP contribution in [0.5, 0.6) is 0 Å². The summed E-state index contributed by atoms with van der Waals surface area (Å²) < 4.78 is 13.1. The van der Waals surface area contributed by atoms with Crippen molar-refractivity contribution in [3.63, 3.8) is 0 Å². The number of oxazole rings is 1. The highest BCUT2D eigenvalue weighted by atomic mass is 16.4. The van der Waals surface area contributed by atoms with Crippen molar-refractivity contribution in [2.75, 3.05) is 18.0 Å². The van der Waals surface area contributed by atoms with E-state index < -0.39 is 0 Å². The van der Waals surface area contributed by atoms with Gasteiger partial charge in [-0.2, -0.15) is 0 Å². The number of aromatic amines is 1. The Balaban J connectivity index is 1.53. The first-order valence-corrected chi connectivity index (χ1v) is 13.8. The van der Waals surface area contributed by atoms with Crippen molar-refractivity contribution < 1.29 is 8.83 Å². The Labute approximate surface area is 221 Å². The predicted molar refractivity (Wildman–Crippen MR) is 158 cm³/mol. The number of H-pyrrole nitrogens is 1. The number of fused-ring (bicyclic) bond motifs is 10. The molecule has 3 heterocycles. The van der Waals surface area contributed by atoms with Crippen LogP contribution in [-0.4, -0.2) is 23.1 Å². The Kier molecular flexibility index (Phi) is 5.58. The predicted octanol–water partition coefficient (Wildman–Crippen LogP) is 9.44. The van der Waals surface area contributed by atoms with Crippen LogP contribution in [0.15, 0.2) is 81.6 Å². The SMILES string of the molecule is CCCCN(CCCC)c1ccc2c(c1)oc1c3nc(-c4ccccc4)oc3c3[nH]c4ccccc4c3c21. The van der Waals surface area contributed by atoms with Crippen molar-refractivity contribution in [2.45, 2.75) is 39.5 Å². The van der Waals surface area contributed by atoms with Crippen LogP contribution in [0.25, 0.3) is 66.3 Å². The molecule has 3 aromatic heterocycles. The minimum absolute atomic E-state index is 0.597. The summed E-state index contributed by atoms with van der Waals surface area (Å²) in [6.07, 6.45) is 4.73. The maximum atomic E-state index is 6.68. The van der Waals surface area contributed by atoms with Gasteiger partial charge in [-0.25, -0.2) is 4.98 Å². The Hall–Kier alpha value is -4.25. The van der Waals surface area contributed by atoms with E-state index in [2.05, 4.69) is 66.2 Å². The average Bonchev–Trinajstić information content (AvgIpc) is 3.66. The molecule has 4 aromatic carbocycles. The van der Waals surface area contributed by atoms with Crippen LogP contribution in [0.4, 0.5) is 5.69 Å². The molecular formula is C33H31N3O2. The number of benzene rings is 4. The molecule has 0 unspecified atom stereocenters. The minimum Gasteiger partial charge on any atom is -0.454 e. The smallest absolute Gasteiger partial charge is 0.227 e. The maximum Gasteiger partial charge on any atom is 0.227 e. The molecule has 190 valence electrons. The lowest BCUT2D eigenvalue weighted by molar-refractivity contribution is 0.622. The molecule has 0 amide bonds. The van der Waals surface area contributed by atoms with Gasteiger partial charge in [0.05, 0.1) is 5.52 Å². The normalized spacial score (nSPS) is 12.1. The third-order valence-electron chi connectivity index (χ3n) is 7.65. The van der Waals surface area contributed by atoms with E-state index in [1.54, 1.807) is 0 Å². The van der Waals surface area contributed by atoms with Crippen molar-refractivity contribution in [1.82, 2.24) is 9.97 Å². The lowest BCUT2D eigenvalue weighted by atomic mass is 10.0. The summed E-state index contributed by atoms with van der Waals surface area (Å²) in [5.41, 5.74) is 7.35. The second kappa shape index (κ2) is 9.25. The van der Waals surface area contributed by atoms with Gasteiger partial charge in [-0.1, -0.05) is 63.1 Å². The summed E-state index contributed by atoms with van der Waals surface area (Å²) >= 11 is 0. The maximum absolute atomic E-state index is 6.68. The van der Waals surface area contributed by atoms with E-state index in [9.17, 15) is 0 Å². The van der Waals surface area contributed by atoms with Crippen molar-refractivity contribution in [1.29, 1.82) is 0 Å². The fraction of sp³-hybridized carbons (Fsp3) is 0.242. The highest BCUT2D eigenvalue weighted by molar-refractivity contribution is 6.34. The Morgan fingerprint density at radius 2 is 1.53 bits per heavy atom. The molecule has 0 saturated heterocycles. The van der Waals surface area contributed by atoms with Gasteiger partial charge in [-0.15, -0.1) is 0 Å². The molecule has 7 aromatic rings. The number of anilines is 1. The van der Waals surface area contributed by atoms with Gasteiger partial charge in [0.15, 0.2) is 16.7 Å². The molecule has 7 rings (SSSR count). The third kappa shape index (κ3) is 3.57. The van der Waals surface area contributed by atoms with E-state index in [-0.39, 0.29) is 0 Å². The van der Waals surface area contributed by atoms with E-state index in [4.69, 9.17) is 13.8 Å². The molecule has 0 spiro atoms. The first-order valence-electron chi connectivity index (χ1n) is 13.8. The number of hydrogen-bond donors (Lipinski definition) is 1. The average molecular weight is 502 g/mol. The number of unbranched alkanes of at least 4 members (excludes halogenated alkanes) is 2. The Bertz CT molecular complexity index is 1900. The number of hydrogen-bond acceptors (Lipinski definition) is 4. The summed E-state index contributed by atoms with van der Waals surface area (Å²) in [7, 11) is 0. The molecule has 0 aliphatic carbocycles. The lowest BCUT2D eigenvalue weighted by Gasteiger charge is -2.24.